The predicted octanol–water partition coefficient (Wildman–Crippen LogP) is 4.33. The van der Waals surface area contributed by atoms with Crippen molar-refractivity contribution in [1.29, 1.82) is 0 Å². The summed E-state index contributed by atoms with van der Waals surface area (Å²) in [5.41, 5.74) is 0. The van der Waals surface area contributed by atoms with E-state index >= 15 is 0 Å². The molecule has 5 nitrogen and oxygen atoms in total. The number of ether oxygens (including phenoxy) is 1. The maximum atomic E-state index is 11.9. The van der Waals surface area contributed by atoms with Crippen LogP contribution in [0.1, 0.15) is 6.42 Å². The largest absolute Gasteiger partial charge is 0.493 e. The highest BCUT2D eigenvalue weighted by Gasteiger charge is 2.10. The summed E-state index contributed by atoms with van der Waals surface area (Å²) >= 11 is 8.73. The van der Waals surface area contributed by atoms with Gasteiger partial charge in [-0.15, -0.1) is 21.5 Å². The third kappa shape index (κ3) is 4.51. The van der Waals surface area contributed by atoms with Gasteiger partial charge in [0.15, 0.2) is 5.01 Å². The molecule has 3 rings (SSSR count). The average molecular weight is 366 g/mol. The van der Waals surface area contributed by atoms with Crippen LogP contribution in [-0.2, 0) is 4.79 Å². The number of halogens is 1. The van der Waals surface area contributed by atoms with E-state index in [0.717, 1.165) is 9.88 Å². The second-order valence-corrected chi connectivity index (χ2v) is 6.85. The highest BCUT2D eigenvalue weighted by atomic mass is 35.5. The Balaban J connectivity index is 1.47. The van der Waals surface area contributed by atoms with Crippen LogP contribution in [0.2, 0.25) is 5.02 Å². The number of hydrogen-bond acceptors (Lipinski definition) is 6. The molecular formula is C15H12ClN3O2S2. The number of hydrogen-bond donors (Lipinski definition) is 1. The molecule has 2 aromatic heterocycles. The van der Waals surface area contributed by atoms with E-state index in [1.54, 1.807) is 35.6 Å². The molecule has 1 amide bonds. The van der Waals surface area contributed by atoms with Crippen molar-refractivity contribution in [3.05, 3.63) is 46.8 Å². The van der Waals surface area contributed by atoms with Crippen molar-refractivity contribution in [3.63, 3.8) is 0 Å². The molecule has 23 heavy (non-hydrogen) atoms. The fourth-order valence-electron chi connectivity index (χ4n) is 1.75. The monoisotopic (exact) mass is 365 g/mol. The molecule has 3 aromatic rings. The first-order valence-corrected chi connectivity index (χ1v) is 8.84. The van der Waals surface area contributed by atoms with E-state index in [-0.39, 0.29) is 18.9 Å². The van der Waals surface area contributed by atoms with Crippen LogP contribution < -0.4 is 10.1 Å². The molecule has 0 aliphatic heterocycles. The molecule has 0 aliphatic carbocycles. The average Bonchev–Trinajstić information content (AvgIpc) is 3.20. The van der Waals surface area contributed by atoms with Crippen LogP contribution in [0.4, 0.5) is 5.13 Å². The number of carbonyl (C=O) groups is 1. The van der Waals surface area contributed by atoms with Gasteiger partial charge in [-0.05, 0) is 35.7 Å². The van der Waals surface area contributed by atoms with Gasteiger partial charge in [0.2, 0.25) is 11.0 Å². The first-order valence-electron chi connectivity index (χ1n) is 6.76. The third-order valence-corrected chi connectivity index (χ3v) is 4.94. The maximum Gasteiger partial charge on any atom is 0.229 e. The van der Waals surface area contributed by atoms with E-state index in [4.69, 9.17) is 16.3 Å². The van der Waals surface area contributed by atoms with Crippen LogP contribution in [0.5, 0.6) is 5.75 Å². The number of amides is 1. The molecule has 118 valence electrons. The molecule has 0 radical (unpaired) electrons. The van der Waals surface area contributed by atoms with E-state index in [1.807, 2.05) is 17.5 Å². The third-order valence-electron chi connectivity index (χ3n) is 2.81. The maximum absolute atomic E-state index is 11.9. The molecule has 0 spiro atoms. The zero-order valence-electron chi connectivity index (χ0n) is 11.9. The zero-order valence-corrected chi connectivity index (χ0v) is 14.2. The molecule has 8 heteroatoms. The molecule has 0 saturated heterocycles. The van der Waals surface area contributed by atoms with Gasteiger partial charge in [0.1, 0.15) is 5.75 Å². The Morgan fingerprint density at radius 3 is 2.78 bits per heavy atom. The van der Waals surface area contributed by atoms with Crippen LogP contribution in [-0.4, -0.2) is 22.7 Å². The van der Waals surface area contributed by atoms with Crippen molar-refractivity contribution in [3.8, 4) is 15.6 Å². The second kappa shape index (κ2) is 7.54. The molecular weight excluding hydrogens is 354 g/mol. The van der Waals surface area contributed by atoms with Gasteiger partial charge in [-0.3, -0.25) is 4.79 Å². The SMILES string of the molecule is O=C(CCOc1ccc(Cl)cc1)Nc1nnc(-c2cccs2)s1. The van der Waals surface area contributed by atoms with Gasteiger partial charge in [0.25, 0.3) is 0 Å². The van der Waals surface area contributed by atoms with E-state index in [1.165, 1.54) is 11.3 Å². The van der Waals surface area contributed by atoms with Crippen molar-refractivity contribution in [2.24, 2.45) is 0 Å². The second-order valence-electron chi connectivity index (χ2n) is 4.49. The van der Waals surface area contributed by atoms with Crippen LogP contribution in [0.25, 0.3) is 9.88 Å². The molecule has 0 atom stereocenters. The summed E-state index contributed by atoms with van der Waals surface area (Å²) < 4.78 is 5.48. The standard InChI is InChI=1S/C15H12ClN3O2S2/c16-10-3-5-11(6-4-10)21-8-7-13(20)17-15-19-18-14(23-15)12-2-1-9-22-12/h1-6,9H,7-8H2,(H,17,19,20). The molecule has 1 N–H and O–H groups in total. The molecule has 0 unspecified atom stereocenters. The summed E-state index contributed by atoms with van der Waals surface area (Å²) in [4.78, 5) is 12.9. The Bertz CT molecular complexity index is 772. The normalized spacial score (nSPS) is 10.5. The molecule has 2 heterocycles. The predicted molar refractivity (Wildman–Crippen MR) is 93.4 cm³/mol. The molecule has 0 fully saturated rings. The first kappa shape index (κ1) is 15.9. The molecule has 0 saturated carbocycles. The summed E-state index contributed by atoms with van der Waals surface area (Å²) in [6, 6.07) is 10.9. The van der Waals surface area contributed by atoms with E-state index < -0.39 is 0 Å². The van der Waals surface area contributed by atoms with Gasteiger partial charge < -0.3 is 10.1 Å². The van der Waals surface area contributed by atoms with E-state index in [2.05, 4.69) is 15.5 Å². The fourth-order valence-corrected chi connectivity index (χ4v) is 3.43. The molecule has 0 bridgehead atoms. The first-order chi connectivity index (χ1) is 11.2. The number of anilines is 1. The Labute approximate surface area is 145 Å². The zero-order chi connectivity index (χ0) is 16.1. The van der Waals surface area contributed by atoms with Crippen LogP contribution in [0.3, 0.4) is 0 Å². The summed E-state index contributed by atoms with van der Waals surface area (Å²) in [5, 5.41) is 14.7. The Kier molecular flexibility index (Phi) is 5.22. The van der Waals surface area contributed by atoms with Crippen molar-refractivity contribution in [2.75, 3.05) is 11.9 Å². The van der Waals surface area contributed by atoms with Crippen LogP contribution >= 0.6 is 34.3 Å². The van der Waals surface area contributed by atoms with Gasteiger partial charge >= 0.3 is 0 Å². The summed E-state index contributed by atoms with van der Waals surface area (Å²) in [7, 11) is 0. The van der Waals surface area contributed by atoms with Crippen molar-refractivity contribution >= 4 is 45.3 Å². The van der Waals surface area contributed by atoms with Crippen LogP contribution in [0.15, 0.2) is 41.8 Å². The number of benzene rings is 1. The van der Waals surface area contributed by atoms with E-state index in [0.29, 0.717) is 15.9 Å². The lowest BCUT2D eigenvalue weighted by Crippen LogP contribution is -2.15. The minimum absolute atomic E-state index is 0.159. The lowest BCUT2D eigenvalue weighted by molar-refractivity contribution is -0.116. The number of nitrogens with one attached hydrogen (secondary N) is 1. The summed E-state index contributed by atoms with van der Waals surface area (Å²) in [6.45, 7) is 0.282. The smallest absolute Gasteiger partial charge is 0.229 e. The Hall–Kier alpha value is -1.96. The number of carbonyl (C=O) groups excluding carboxylic acids is 1. The van der Waals surface area contributed by atoms with Crippen molar-refractivity contribution < 1.29 is 9.53 Å². The lowest BCUT2D eigenvalue weighted by atomic mass is 10.3. The van der Waals surface area contributed by atoms with Crippen LogP contribution in [0, 0.1) is 0 Å². The highest BCUT2D eigenvalue weighted by molar-refractivity contribution is 7.23. The van der Waals surface area contributed by atoms with Gasteiger partial charge in [-0.25, -0.2) is 0 Å². The van der Waals surface area contributed by atoms with Gasteiger partial charge in [0.05, 0.1) is 17.9 Å². The quantitative estimate of drug-likeness (QED) is 0.706. The lowest BCUT2D eigenvalue weighted by Gasteiger charge is -2.05. The Morgan fingerprint density at radius 2 is 2.04 bits per heavy atom. The van der Waals surface area contributed by atoms with E-state index in [9.17, 15) is 4.79 Å². The van der Waals surface area contributed by atoms with Crippen molar-refractivity contribution in [1.82, 2.24) is 10.2 Å². The van der Waals surface area contributed by atoms with Crippen molar-refractivity contribution in [2.45, 2.75) is 6.42 Å². The molecule has 0 aliphatic rings. The molecule has 1 aromatic carbocycles. The fraction of sp³-hybridized carbons (Fsp3) is 0.133. The topological polar surface area (TPSA) is 64.1 Å². The van der Waals surface area contributed by atoms with Gasteiger partial charge in [-0.1, -0.05) is 29.0 Å². The van der Waals surface area contributed by atoms with Gasteiger partial charge in [-0.2, -0.15) is 0 Å². The Morgan fingerprint density at radius 1 is 1.22 bits per heavy atom. The number of rotatable bonds is 6. The number of aromatic nitrogens is 2. The number of nitrogens with zero attached hydrogens (tertiary/aromatic N) is 2. The summed E-state index contributed by atoms with van der Waals surface area (Å²) in [5.74, 6) is 0.519. The summed E-state index contributed by atoms with van der Waals surface area (Å²) in [6.07, 6.45) is 0.233. The highest BCUT2D eigenvalue weighted by Crippen LogP contribution is 2.29. The minimum Gasteiger partial charge on any atom is -0.493 e. The van der Waals surface area contributed by atoms with Gasteiger partial charge in [0, 0.05) is 5.02 Å². The minimum atomic E-state index is -0.159. The number of thiophene rings is 1.